The highest BCUT2D eigenvalue weighted by molar-refractivity contribution is 5.69. The number of hydrogen-bond donors (Lipinski definition) is 3. The molecule has 2 bridgehead atoms. The first kappa shape index (κ1) is 30.4. The van der Waals surface area contributed by atoms with Crippen LogP contribution >= 0.6 is 0 Å². The average Bonchev–Trinajstić information content (AvgIpc) is 3.59. The van der Waals surface area contributed by atoms with Gasteiger partial charge in [0.25, 0.3) is 0 Å². The molecule has 1 unspecified atom stereocenters. The molecule has 12 heteroatoms. The van der Waals surface area contributed by atoms with Crippen LogP contribution in [0.25, 0.3) is 0 Å². The maximum atomic E-state index is 12.8. The Morgan fingerprint density at radius 1 is 0.875 bits per heavy atom. The fraction of sp³-hybridized carbons (Fsp3) is 0.786. The van der Waals surface area contributed by atoms with Crippen molar-refractivity contribution in [2.45, 2.75) is 116 Å². The molecule has 1 spiro atoms. The zero-order valence-electron chi connectivity index (χ0n) is 24.2. The zero-order valence-corrected chi connectivity index (χ0v) is 24.2. The second kappa shape index (κ2) is 9.78. The van der Waals surface area contributed by atoms with E-state index < -0.39 is 88.5 Å². The Hall–Kier alpha value is -2.54. The second-order valence-corrected chi connectivity index (χ2v) is 12.4. The summed E-state index contributed by atoms with van der Waals surface area (Å²) in [5.74, 6) is -3.90. The van der Waals surface area contributed by atoms with Crippen molar-refractivity contribution in [2.75, 3.05) is 6.61 Å². The van der Waals surface area contributed by atoms with Crippen LogP contribution in [0.15, 0.2) is 11.1 Å². The number of carbonyl (C=O) groups is 4. The monoisotopic (exact) mass is 568 g/mol. The van der Waals surface area contributed by atoms with Gasteiger partial charge in [0.2, 0.25) is 0 Å². The number of aliphatic hydroxyl groups excluding tert-OH is 2. The quantitative estimate of drug-likeness (QED) is 0.188. The Morgan fingerprint density at radius 2 is 1.40 bits per heavy atom. The Kier molecular flexibility index (Phi) is 7.44. The predicted molar refractivity (Wildman–Crippen MR) is 135 cm³/mol. The molecule has 1 saturated heterocycles. The minimum Gasteiger partial charge on any atom is -0.459 e. The van der Waals surface area contributed by atoms with E-state index in [2.05, 4.69) is 0 Å². The molecule has 0 amide bonds. The molecular formula is C28H40O12. The van der Waals surface area contributed by atoms with Gasteiger partial charge in [-0.25, -0.2) is 0 Å². The Morgan fingerprint density at radius 3 is 1.88 bits per heavy atom. The molecule has 3 N–H and O–H groups in total. The summed E-state index contributed by atoms with van der Waals surface area (Å²) in [5, 5.41) is 36.6. The highest BCUT2D eigenvalue weighted by Gasteiger charge is 2.78. The van der Waals surface area contributed by atoms with E-state index in [1.54, 1.807) is 27.7 Å². The van der Waals surface area contributed by atoms with Crippen LogP contribution in [0, 0.1) is 16.7 Å². The molecule has 4 rings (SSSR count). The third kappa shape index (κ3) is 4.34. The number of rotatable bonds is 4. The van der Waals surface area contributed by atoms with Gasteiger partial charge in [-0.2, -0.15) is 0 Å². The second-order valence-electron chi connectivity index (χ2n) is 12.4. The number of epoxide rings is 1. The summed E-state index contributed by atoms with van der Waals surface area (Å²) >= 11 is 0. The molecular weight excluding hydrogens is 528 g/mol. The zero-order chi connectivity index (χ0) is 30.2. The van der Waals surface area contributed by atoms with Crippen LogP contribution in [0.2, 0.25) is 0 Å². The van der Waals surface area contributed by atoms with Gasteiger partial charge >= 0.3 is 23.9 Å². The first-order valence-corrected chi connectivity index (χ1v) is 13.5. The van der Waals surface area contributed by atoms with Crippen LogP contribution in [0.4, 0.5) is 0 Å². The molecule has 1 heterocycles. The summed E-state index contributed by atoms with van der Waals surface area (Å²) < 4.78 is 28.8. The van der Waals surface area contributed by atoms with E-state index in [-0.39, 0.29) is 25.0 Å². The van der Waals surface area contributed by atoms with Crippen molar-refractivity contribution in [3.63, 3.8) is 0 Å². The lowest BCUT2D eigenvalue weighted by molar-refractivity contribution is -0.280. The van der Waals surface area contributed by atoms with Gasteiger partial charge in [0, 0.05) is 57.3 Å². The van der Waals surface area contributed by atoms with Crippen LogP contribution < -0.4 is 0 Å². The fourth-order valence-corrected chi connectivity index (χ4v) is 7.73. The predicted octanol–water partition coefficient (Wildman–Crippen LogP) is 0.721. The van der Waals surface area contributed by atoms with Gasteiger partial charge in [0.15, 0.2) is 6.10 Å². The van der Waals surface area contributed by atoms with Crippen molar-refractivity contribution in [1.29, 1.82) is 0 Å². The molecule has 4 aliphatic rings. The molecule has 3 aliphatic carbocycles. The number of fused-ring (bicyclic) bond motifs is 4. The van der Waals surface area contributed by atoms with Gasteiger partial charge in [0.1, 0.15) is 35.6 Å². The molecule has 0 radical (unpaired) electrons. The van der Waals surface area contributed by atoms with E-state index in [1.165, 1.54) is 27.7 Å². The average molecular weight is 569 g/mol. The Labute approximate surface area is 232 Å². The van der Waals surface area contributed by atoms with Crippen LogP contribution in [0.1, 0.15) is 68.2 Å². The molecule has 3 fully saturated rings. The van der Waals surface area contributed by atoms with Crippen LogP contribution in [0.3, 0.4) is 0 Å². The summed E-state index contributed by atoms with van der Waals surface area (Å²) in [7, 11) is 0. The lowest BCUT2D eigenvalue weighted by atomic mass is 9.45. The topological polar surface area (TPSA) is 178 Å². The van der Waals surface area contributed by atoms with Gasteiger partial charge in [-0.1, -0.05) is 20.8 Å². The summed E-state index contributed by atoms with van der Waals surface area (Å²) in [6.07, 6.45) is -8.18. The largest absolute Gasteiger partial charge is 0.459 e. The maximum Gasteiger partial charge on any atom is 0.303 e. The van der Waals surface area contributed by atoms with E-state index in [0.29, 0.717) is 5.57 Å². The van der Waals surface area contributed by atoms with Crippen molar-refractivity contribution < 1.29 is 58.2 Å². The van der Waals surface area contributed by atoms with E-state index in [4.69, 9.17) is 23.7 Å². The molecule has 2 saturated carbocycles. The summed E-state index contributed by atoms with van der Waals surface area (Å²) in [5.41, 5.74) is -5.57. The maximum absolute atomic E-state index is 12.8. The van der Waals surface area contributed by atoms with Crippen molar-refractivity contribution in [2.24, 2.45) is 16.7 Å². The normalized spacial score (nSPS) is 43.5. The fourth-order valence-electron chi connectivity index (χ4n) is 7.73. The minimum atomic E-state index is -2.01. The minimum absolute atomic E-state index is 0.0201. The highest BCUT2D eigenvalue weighted by Crippen LogP contribution is 2.66. The molecule has 0 aromatic carbocycles. The third-order valence-corrected chi connectivity index (χ3v) is 9.72. The molecule has 12 nitrogen and oxygen atoms in total. The summed E-state index contributed by atoms with van der Waals surface area (Å²) in [6, 6.07) is 0. The highest BCUT2D eigenvalue weighted by atomic mass is 16.6. The van der Waals surface area contributed by atoms with Gasteiger partial charge in [-0.15, -0.1) is 0 Å². The first-order valence-electron chi connectivity index (χ1n) is 13.5. The number of esters is 4. The van der Waals surface area contributed by atoms with E-state index in [1.807, 2.05) is 0 Å². The summed E-state index contributed by atoms with van der Waals surface area (Å²) in [4.78, 5) is 49.2. The van der Waals surface area contributed by atoms with Crippen LogP contribution in [0.5, 0.6) is 0 Å². The standard InChI is InChI=1S/C28H40O12/c1-12-17(37-13(2)29)10-28(35)24(40-16(5)32)22-26(8,18(33)9-19(38-14(3)30)27(22)11-36-27)23(34)21(39-15(4)31)20(12)25(28,6)7/h17-19,21-24,33-35H,9-11H2,1-8H3/t17-,18-,19-,21+,22-,23-,24-,26+,27?,28+/m0/s1. The van der Waals surface area contributed by atoms with Gasteiger partial charge in [-0.05, 0) is 18.1 Å². The van der Waals surface area contributed by atoms with Gasteiger partial charge in [-0.3, -0.25) is 19.2 Å². The Balaban J connectivity index is 2.08. The molecule has 0 aromatic heterocycles. The number of carbonyl (C=O) groups excluding carboxylic acids is 4. The summed E-state index contributed by atoms with van der Waals surface area (Å²) in [6.45, 7) is 11.3. The molecule has 40 heavy (non-hydrogen) atoms. The van der Waals surface area contributed by atoms with Crippen molar-refractivity contribution in [3.05, 3.63) is 11.1 Å². The van der Waals surface area contributed by atoms with Crippen molar-refractivity contribution >= 4 is 23.9 Å². The molecule has 1 aliphatic heterocycles. The number of ether oxygens (including phenoxy) is 5. The van der Waals surface area contributed by atoms with Crippen molar-refractivity contribution in [3.8, 4) is 0 Å². The third-order valence-electron chi connectivity index (χ3n) is 9.72. The number of aliphatic hydroxyl groups is 3. The van der Waals surface area contributed by atoms with Crippen LogP contribution in [-0.2, 0) is 42.9 Å². The van der Waals surface area contributed by atoms with E-state index in [0.717, 1.165) is 0 Å². The number of hydrogen-bond acceptors (Lipinski definition) is 12. The van der Waals surface area contributed by atoms with Crippen LogP contribution in [-0.4, -0.2) is 93.6 Å². The van der Waals surface area contributed by atoms with E-state index in [9.17, 15) is 34.5 Å². The lowest BCUT2D eigenvalue weighted by Crippen LogP contribution is -2.76. The lowest BCUT2D eigenvalue weighted by Gasteiger charge is -2.64. The Bertz CT molecular complexity index is 1140. The molecule has 0 aromatic rings. The van der Waals surface area contributed by atoms with Crippen molar-refractivity contribution in [1.82, 2.24) is 0 Å². The first-order chi connectivity index (χ1) is 18.3. The van der Waals surface area contributed by atoms with Gasteiger partial charge < -0.3 is 39.0 Å². The SMILES string of the molecule is CC(=O)O[C@H]1C[C@@]2(O)[C@@H](OC(C)=O)[C@@H]3C4(CO4)[C@@H](OC(C)=O)C[C@H](O)[C@@]3(C)[C@@H](O)[C@H](OC(C)=O)C(=C1C)C2(C)C. The smallest absolute Gasteiger partial charge is 0.303 e. The van der Waals surface area contributed by atoms with E-state index >= 15 is 0 Å². The molecule has 224 valence electrons. The molecule has 10 atom stereocenters. The van der Waals surface area contributed by atoms with Gasteiger partial charge in [0.05, 0.1) is 12.7 Å².